The first-order chi connectivity index (χ1) is 19.6. The Kier molecular flexibility index (Phi) is 6.03. The van der Waals surface area contributed by atoms with Crippen LogP contribution < -0.4 is 0 Å². The van der Waals surface area contributed by atoms with Gasteiger partial charge in [0.15, 0.2) is 0 Å². The normalized spacial score (nSPS) is 11.2. The molecule has 0 saturated heterocycles. The molecule has 0 unspecified atom stereocenters. The van der Waals surface area contributed by atoms with Crippen LogP contribution in [0, 0.1) is 0 Å². The molecule has 40 heavy (non-hydrogen) atoms. The summed E-state index contributed by atoms with van der Waals surface area (Å²) >= 11 is 12.0. The van der Waals surface area contributed by atoms with Crippen LogP contribution in [0.2, 0.25) is 10.0 Å². The molecule has 8 nitrogen and oxygen atoms in total. The van der Waals surface area contributed by atoms with Gasteiger partial charge in [0.2, 0.25) is 0 Å². The van der Waals surface area contributed by atoms with Gasteiger partial charge in [0.25, 0.3) is 0 Å². The Labute approximate surface area is 237 Å². The molecule has 0 bridgehead atoms. The van der Waals surface area contributed by atoms with Crippen molar-refractivity contribution in [3.05, 3.63) is 108 Å². The summed E-state index contributed by atoms with van der Waals surface area (Å²) in [6.45, 7) is 0. The first kappa shape index (κ1) is 24.1. The van der Waals surface area contributed by atoms with Crippen molar-refractivity contribution < 1.29 is 0 Å². The standard InChI is InChI=1S/2C15H9ClN4/c16-11-3-1-2-9(4-11)15-8-17-13-6-12-10(7-18-20-12)5-14(13)19-15;16-11-3-1-2-9(4-11)15-8-17-13-5-10-7-18-20-12(10)6-14(13)19-15/h2*1-8H,(H,18,20). The fraction of sp³-hybridized carbons (Fsp3) is 0. The van der Waals surface area contributed by atoms with E-state index in [9.17, 15) is 0 Å². The molecular formula is C30H18Cl2N8. The summed E-state index contributed by atoms with van der Waals surface area (Å²) in [6.07, 6.45) is 7.08. The molecule has 0 amide bonds. The van der Waals surface area contributed by atoms with Gasteiger partial charge in [-0.15, -0.1) is 0 Å². The minimum absolute atomic E-state index is 0.688. The Morgan fingerprint density at radius 2 is 0.975 bits per heavy atom. The fourth-order valence-electron chi connectivity index (χ4n) is 4.47. The van der Waals surface area contributed by atoms with Crippen molar-refractivity contribution in [3.8, 4) is 22.5 Å². The molecule has 0 aliphatic carbocycles. The highest BCUT2D eigenvalue weighted by Crippen LogP contribution is 2.25. The van der Waals surface area contributed by atoms with E-state index in [4.69, 9.17) is 23.2 Å². The Balaban J connectivity index is 0.000000132. The van der Waals surface area contributed by atoms with Gasteiger partial charge in [0.05, 0.1) is 69.3 Å². The number of hydrogen-bond donors (Lipinski definition) is 2. The SMILES string of the molecule is Clc1cccc(-c2cnc3cc4[nH]ncc4cc3n2)c1.Clc1cccc(-c2cnc3cc4cn[nH]c4cc3n2)c1. The lowest BCUT2D eigenvalue weighted by Crippen LogP contribution is -1.88. The van der Waals surface area contributed by atoms with E-state index in [0.717, 1.165) is 66.4 Å². The summed E-state index contributed by atoms with van der Waals surface area (Å²) in [4.78, 5) is 18.2. The predicted molar refractivity (Wildman–Crippen MR) is 159 cm³/mol. The molecular weight excluding hydrogens is 543 g/mol. The third-order valence-electron chi connectivity index (χ3n) is 6.45. The lowest BCUT2D eigenvalue weighted by molar-refractivity contribution is 1.12. The van der Waals surface area contributed by atoms with Gasteiger partial charge in [-0.05, 0) is 48.5 Å². The van der Waals surface area contributed by atoms with E-state index in [2.05, 4.69) is 40.3 Å². The van der Waals surface area contributed by atoms with Gasteiger partial charge in [-0.2, -0.15) is 10.2 Å². The molecule has 8 rings (SSSR count). The maximum atomic E-state index is 6.02. The first-order valence-electron chi connectivity index (χ1n) is 12.3. The van der Waals surface area contributed by atoms with E-state index >= 15 is 0 Å². The molecule has 0 atom stereocenters. The van der Waals surface area contributed by atoms with E-state index in [1.807, 2.05) is 72.8 Å². The molecule has 0 radical (unpaired) electrons. The van der Waals surface area contributed by atoms with Crippen molar-refractivity contribution in [2.24, 2.45) is 0 Å². The monoisotopic (exact) mass is 560 g/mol. The molecule has 2 N–H and O–H groups in total. The third kappa shape index (κ3) is 4.70. The highest BCUT2D eigenvalue weighted by molar-refractivity contribution is 6.31. The average molecular weight is 561 g/mol. The zero-order chi connectivity index (χ0) is 27.1. The van der Waals surface area contributed by atoms with Gasteiger partial charge >= 0.3 is 0 Å². The average Bonchev–Trinajstić information content (AvgIpc) is 3.63. The van der Waals surface area contributed by atoms with Gasteiger partial charge in [-0.25, -0.2) is 9.97 Å². The second-order valence-corrected chi connectivity index (χ2v) is 10.0. The second kappa shape index (κ2) is 10.00. The van der Waals surface area contributed by atoms with Crippen LogP contribution in [0.1, 0.15) is 0 Å². The van der Waals surface area contributed by atoms with Crippen LogP contribution in [-0.4, -0.2) is 40.3 Å². The highest BCUT2D eigenvalue weighted by atomic mass is 35.5. The van der Waals surface area contributed by atoms with Gasteiger partial charge in [0.1, 0.15) is 0 Å². The number of fused-ring (bicyclic) bond motifs is 4. The van der Waals surface area contributed by atoms with Gasteiger partial charge in [-0.1, -0.05) is 47.5 Å². The molecule has 4 heterocycles. The van der Waals surface area contributed by atoms with Crippen LogP contribution in [0.25, 0.3) is 66.4 Å². The summed E-state index contributed by atoms with van der Waals surface area (Å²) < 4.78 is 0. The van der Waals surface area contributed by atoms with Crippen molar-refractivity contribution in [1.29, 1.82) is 0 Å². The van der Waals surface area contributed by atoms with Crippen molar-refractivity contribution >= 4 is 67.1 Å². The number of aromatic nitrogens is 8. The number of nitrogens with one attached hydrogen (secondary N) is 2. The molecule has 8 aromatic rings. The summed E-state index contributed by atoms with van der Waals surface area (Å²) in [7, 11) is 0. The number of aromatic amines is 2. The first-order valence-corrected chi connectivity index (χ1v) is 13.1. The van der Waals surface area contributed by atoms with Crippen LogP contribution in [0.4, 0.5) is 0 Å². The van der Waals surface area contributed by atoms with E-state index in [-0.39, 0.29) is 0 Å². The van der Waals surface area contributed by atoms with E-state index < -0.39 is 0 Å². The maximum Gasteiger partial charge on any atom is 0.0916 e. The van der Waals surface area contributed by atoms with E-state index in [0.29, 0.717) is 10.0 Å². The zero-order valence-corrected chi connectivity index (χ0v) is 22.2. The molecule has 192 valence electrons. The van der Waals surface area contributed by atoms with Crippen LogP contribution >= 0.6 is 23.2 Å². The maximum absolute atomic E-state index is 6.02. The smallest absolute Gasteiger partial charge is 0.0916 e. The Hall–Kier alpha value is -4.92. The molecule has 10 heteroatoms. The van der Waals surface area contributed by atoms with Gasteiger partial charge in [0, 0.05) is 31.9 Å². The Bertz CT molecular complexity index is 2010. The molecule has 0 saturated carbocycles. The van der Waals surface area contributed by atoms with Crippen molar-refractivity contribution in [3.63, 3.8) is 0 Å². The van der Waals surface area contributed by atoms with Gasteiger partial charge < -0.3 is 0 Å². The predicted octanol–water partition coefficient (Wildman–Crippen LogP) is 7.65. The minimum Gasteiger partial charge on any atom is -0.278 e. The minimum atomic E-state index is 0.688. The molecule has 4 aromatic carbocycles. The number of nitrogens with zero attached hydrogens (tertiary/aromatic N) is 6. The van der Waals surface area contributed by atoms with Crippen molar-refractivity contribution in [2.45, 2.75) is 0 Å². The molecule has 0 spiro atoms. The lowest BCUT2D eigenvalue weighted by atomic mass is 10.1. The number of hydrogen-bond acceptors (Lipinski definition) is 6. The highest BCUT2D eigenvalue weighted by Gasteiger charge is 2.07. The molecule has 0 aliphatic rings. The number of H-pyrrole nitrogens is 2. The van der Waals surface area contributed by atoms with Crippen LogP contribution in [0.3, 0.4) is 0 Å². The zero-order valence-electron chi connectivity index (χ0n) is 20.7. The largest absolute Gasteiger partial charge is 0.278 e. The van der Waals surface area contributed by atoms with Crippen LogP contribution in [0.15, 0.2) is 97.6 Å². The number of rotatable bonds is 2. The lowest BCUT2D eigenvalue weighted by Gasteiger charge is -2.03. The Morgan fingerprint density at radius 3 is 1.52 bits per heavy atom. The van der Waals surface area contributed by atoms with E-state index in [1.165, 1.54) is 0 Å². The summed E-state index contributed by atoms with van der Waals surface area (Å²) in [6, 6.07) is 23.1. The van der Waals surface area contributed by atoms with Crippen molar-refractivity contribution in [1.82, 2.24) is 40.3 Å². The fourth-order valence-corrected chi connectivity index (χ4v) is 4.85. The molecule has 0 fully saturated rings. The summed E-state index contributed by atoms with van der Waals surface area (Å²) in [5, 5.41) is 17.3. The number of halogens is 2. The molecule has 0 aliphatic heterocycles. The van der Waals surface area contributed by atoms with E-state index in [1.54, 1.807) is 24.8 Å². The van der Waals surface area contributed by atoms with Crippen LogP contribution in [-0.2, 0) is 0 Å². The summed E-state index contributed by atoms with van der Waals surface area (Å²) in [5.74, 6) is 0. The summed E-state index contributed by atoms with van der Waals surface area (Å²) in [5.41, 5.74) is 8.81. The van der Waals surface area contributed by atoms with Crippen LogP contribution in [0.5, 0.6) is 0 Å². The topological polar surface area (TPSA) is 109 Å². The Morgan fingerprint density at radius 1 is 0.500 bits per heavy atom. The van der Waals surface area contributed by atoms with Crippen molar-refractivity contribution in [2.75, 3.05) is 0 Å². The quantitative estimate of drug-likeness (QED) is 0.224. The molecule has 4 aromatic heterocycles. The number of benzene rings is 4. The third-order valence-corrected chi connectivity index (χ3v) is 6.92. The second-order valence-electron chi connectivity index (χ2n) is 9.13. The van der Waals surface area contributed by atoms with Gasteiger partial charge in [-0.3, -0.25) is 20.2 Å².